The van der Waals surface area contributed by atoms with Gasteiger partial charge in [-0.2, -0.15) is 0 Å². The van der Waals surface area contributed by atoms with Crippen LogP contribution in [0.1, 0.15) is 73.9 Å². The van der Waals surface area contributed by atoms with Gasteiger partial charge in [-0.15, -0.1) is 0 Å². The van der Waals surface area contributed by atoms with Crippen molar-refractivity contribution in [3.05, 3.63) is 259 Å². The largest absolute Gasteiger partial charge is 0.457 e. The molecule has 10 heteroatoms. The van der Waals surface area contributed by atoms with Gasteiger partial charge in [-0.05, 0) is 255 Å². The summed E-state index contributed by atoms with van der Waals surface area (Å²) in [6.45, 7) is 17.9. The Morgan fingerprint density at radius 3 is 1.28 bits per heavy atom. The molecule has 0 radical (unpaired) electrons. The van der Waals surface area contributed by atoms with Gasteiger partial charge in [0, 0.05) is 99.7 Å². The van der Waals surface area contributed by atoms with Crippen LogP contribution in [0.5, 0.6) is 23.0 Å². The Morgan fingerprint density at radius 1 is 0.375 bits per heavy atom. The van der Waals surface area contributed by atoms with E-state index in [1.54, 1.807) is 0 Å². The van der Waals surface area contributed by atoms with Crippen molar-refractivity contribution >= 4 is 160 Å². The Bertz CT molecular complexity index is 4570. The molecule has 15 rings (SSSR count). The molecule has 4 heterocycles. The van der Waals surface area contributed by atoms with Gasteiger partial charge in [0.1, 0.15) is 23.0 Å². The fraction of sp³-hybridized carbons (Fsp3) is 0.154. The fourth-order valence-electron chi connectivity index (χ4n) is 14.4. The van der Waals surface area contributed by atoms with E-state index in [1.165, 1.54) is 84.7 Å². The van der Waals surface area contributed by atoms with Crippen molar-refractivity contribution in [2.24, 2.45) is 0 Å². The summed E-state index contributed by atoms with van der Waals surface area (Å²) in [6, 6.07) is 80.9. The van der Waals surface area contributed by atoms with Crippen LogP contribution in [0.25, 0.3) is 0 Å². The lowest BCUT2D eigenvalue weighted by molar-refractivity contribution is 0.483. The second-order valence-corrected chi connectivity index (χ2v) is 27.8. The standard InChI is InChI=1S/C78H66B2I2N4O2/c1-9-10-23-52-32-48(2)38-68-74(52)79-63-46-64-67(47-66(63)83(55-24-15-11-16-25-55)70-42-61(87-59-28-19-13-20-29-59)44-72(76(70)79)86(68)58-36-50(4)34-54(81)41-58)84(56-26-17-12-18-27-56)71-43-62(88-60-30-21-14-22-31-60)45-73-77(71)80(64)75-65(82)37-51(5)39-69(75)85(73)57-35-49(3)33-53(40-57)78(6,7)8/h11-22,24-47H,9-10,23H2,1-8H3. The van der Waals surface area contributed by atoms with Crippen LogP contribution in [-0.2, 0) is 11.8 Å². The average Bonchev–Trinajstić information content (AvgIpc) is 0.691. The fourth-order valence-corrected chi connectivity index (χ4v) is 16.3. The quantitative estimate of drug-likeness (QED) is 0.0948. The SMILES string of the molecule is CCCCc1cc(C)cc2c1B1c3cc4c(cc3N(c3ccccc3)c3cc(Oc5ccccc5)cc(c31)N2c1cc(C)cc(I)c1)N(c1ccccc1)c1cc(Oc2ccccc2)cc2c1B4c1c(I)cc(C)cc1N2c1cc(C)cc(C(C)(C)C)c1. The van der Waals surface area contributed by atoms with Crippen LogP contribution >= 0.6 is 45.2 Å². The van der Waals surface area contributed by atoms with Gasteiger partial charge in [0.2, 0.25) is 0 Å². The molecule has 0 atom stereocenters. The molecule has 4 aliphatic heterocycles. The Hall–Kier alpha value is -8.19. The van der Waals surface area contributed by atoms with Crippen LogP contribution < -0.4 is 61.9 Å². The van der Waals surface area contributed by atoms with Crippen LogP contribution in [0.2, 0.25) is 0 Å². The Balaban J connectivity index is 1.09. The van der Waals surface area contributed by atoms with Crippen molar-refractivity contribution in [1.29, 1.82) is 0 Å². The molecular formula is C78H66B2I2N4O2. The molecule has 11 aromatic carbocycles. The van der Waals surface area contributed by atoms with Crippen molar-refractivity contribution in [1.82, 2.24) is 0 Å². The molecule has 430 valence electrons. The monoisotopic (exact) mass is 1370 g/mol. The number of aryl methyl sites for hydroxylation is 5. The number of benzene rings is 11. The molecule has 0 aromatic heterocycles. The summed E-state index contributed by atoms with van der Waals surface area (Å²) in [5, 5.41) is 0. The van der Waals surface area contributed by atoms with Crippen molar-refractivity contribution < 1.29 is 9.47 Å². The molecule has 0 amide bonds. The smallest absolute Gasteiger partial charge is 0.253 e. The average molecular weight is 1370 g/mol. The molecule has 0 aliphatic carbocycles. The first kappa shape index (κ1) is 56.3. The summed E-state index contributed by atoms with van der Waals surface area (Å²) in [6.07, 6.45) is 3.13. The predicted octanol–water partition coefficient (Wildman–Crippen LogP) is 18.5. The number of halogens is 2. The number of fused-ring (bicyclic) bond motifs is 8. The van der Waals surface area contributed by atoms with Crippen molar-refractivity contribution in [2.75, 3.05) is 19.6 Å². The van der Waals surface area contributed by atoms with E-state index in [0.29, 0.717) is 0 Å². The lowest BCUT2D eigenvalue weighted by atomic mass is 9.30. The number of nitrogens with zero attached hydrogens (tertiary/aromatic N) is 4. The second-order valence-electron chi connectivity index (χ2n) is 25.4. The molecule has 0 saturated heterocycles. The van der Waals surface area contributed by atoms with Crippen LogP contribution in [0.4, 0.5) is 68.2 Å². The maximum absolute atomic E-state index is 7.10. The molecule has 0 fully saturated rings. The molecule has 0 unspecified atom stereocenters. The van der Waals surface area contributed by atoms with Gasteiger partial charge in [-0.25, -0.2) is 0 Å². The number of ether oxygens (including phenoxy) is 2. The predicted molar refractivity (Wildman–Crippen MR) is 389 cm³/mol. The minimum absolute atomic E-state index is 0.0894. The number of anilines is 12. The highest BCUT2D eigenvalue weighted by molar-refractivity contribution is 14.1. The molecule has 6 nitrogen and oxygen atoms in total. The van der Waals surface area contributed by atoms with Crippen molar-refractivity contribution in [3.63, 3.8) is 0 Å². The van der Waals surface area contributed by atoms with Gasteiger partial charge in [0.25, 0.3) is 13.4 Å². The van der Waals surface area contributed by atoms with Crippen molar-refractivity contribution in [3.8, 4) is 23.0 Å². The first-order chi connectivity index (χ1) is 42.7. The maximum Gasteiger partial charge on any atom is 0.253 e. The van der Waals surface area contributed by atoms with E-state index in [-0.39, 0.29) is 18.8 Å². The van der Waals surface area contributed by atoms with Gasteiger partial charge in [0.15, 0.2) is 0 Å². The third-order valence-corrected chi connectivity index (χ3v) is 19.5. The highest BCUT2D eigenvalue weighted by Crippen LogP contribution is 2.52. The normalized spacial score (nSPS) is 13.3. The summed E-state index contributed by atoms with van der Waals surface area (Å²) in [7, 11) is 0. The molecule has 0 saturated carbocycles. The molecule has 0 bridgehead atoms. The number of hydrogen-bond donors (Lipinski definition) is 0. The highest BCUT2D eigenvalue weighted by atomic mass is 127. The highest BCUT2D eigenvalue weighted by Gasteiger charge is 2.50. The van der Waals surface area contributed by atoms with E-state index in [9.17, 15) is 0 Å². The Labute approximate surface area is 546 Å². The van der Waals surface area contributed by atoms with Gasteiger partial charge in [0.05, 0.1) is 0 Å². The van der Waals surface area contributed by atoms with E-state index in [0.717, 1.165) is 99.1 Å². The van der Waals surface area contributed by atoms with E-state index >= 15 is 0 Å². The molecule has 88 heavy (non-hydrogen) atoms. The number of unbranched alkanes of at least 4 members (excludes halogenated alkanes) is 1. The Morgan fingerprint density at radius 2 is 0.795 bits per heavy atom. The maximum atomic E-state index is 7.10. The molecule has 4 aliphatic rings. The zero-order chi connectivity index (χ0) is 60.3. The van der Waals surface area contributed by atoms with Gasteiger partial charge < -0.3 is 29.1 Å². The lowest BCUT2D eigenvalue weighted by Gasteiger charge is -2.48. The van der Waals surface area contributed by atoms with E-state index in [4.69, 9.17) is 9.47 Å². The molecule has 0 N–H and O–H groups in total. The number of rotatable bonds is 11. The zero-order valence-electron chi connectivity index (χ0n) is 50.9. The molecule has 11 aromatic rings. The summed E-state index contributed by atoms with van der Waals surface area (Å²) < 4.78 is 16.6. The zero-order valence-corrected chi connectivity index (χ0v) is 55.2. The summed E-state index contributed by atoms with van der Waals surface area (Å²) in [4.78, 5) is 10.2. The van der Waals surface area contributed by atoms with E-state index < -0.39 is 0 Å². The van der Waals surface area contributed by atoms with Crippen LogP contribution in [0, 0.1) is 34.8 Å². The second kappa shape index (κ2) is 22.1. The van der Waals surface area contributed by atoms with Gasteiger partial charge >= 0.3 is 0 Å². The van der Waals surface area contributed by atoms with Crippen molar-refractivity contribution in [2.45, 2.75) is 80.1 Å². The summed E-state index contributed by atoms with van der Waals surface area (Å²) >= 11 is 5.17. The van der Waals surface area contributed by atoms with Crippen LogP contribution in [-0.4, -0.2) is 13.4 Å². The van der Waals surface area contributed by atoms with Gasteiger partial charge in [-0.1, -0.05) is 131 Å². The number of hydrogen-bond acceptors (Lipinski definition) is 6. The molecular weight excluding hydrogens is 1300 g/mol. The first-order valence-electron chi connectivity index (χ1n) is 30.8. The summed E-state index contributed by atoms with van der Waals surface area (Å²) in [5.74, 6) is 3.10. The minimum Gasteiger partial charge on any atom is -0.457 e. The van der Waals surface area contributed by atoms with E-state index in [1.807, 2.05) is 36.4 Å². The van der Waals surface area contributed by atoms with Crippen LogP contribution in [0.3, 0.4) is 0 Å². The first-order valence-corrected chi connectivity index (χ1v) is 33.0. The molecule has 0 spiro atoms. The Kier molecular flexibility index (Phi) is 14.2. The summed E-state index contributed by atoms with van der Waals surface area (Å²) in [5.41, 5.74) is 28.6. The van der Waals surface area contributed by atoms with Gasteiger partial charge in [-0.3, -0.25) is 0 Å². The van der Waals surface area contributed by atoms with Crippen LogP contribution in [0.15, 0.2) is 218 Å². The third kappa shape index (κ3) is 9.68. The number of para-hydroxylation sites is 4. The lowest BCUT2D eigenvalue weighted by Crippen LogP contribution is -2.66. The third-order valence-electron chi connectivity index (χ3n) is 18.0. The topological polar surface area (TPSA) is 31.4 Å². The van der Waals surface area contributed by atoms with E-state index in [2.05, 4.69) is 302 Å². The minimum atomic E-state index is -0.180.